The molecule has 0 radical (unpaired) electrons. The molecule has 2 aromatic carbocycles. The number of nitrogens with zero attached hydrogens (tertiary/aromatic N) is 4. The third-order valence-electron chi connectivity index (χ3n) is 6.62. The highest BCUT2D eigenvalue weighted by Crippen LogP contribution is 2.37. The lowest BCUT2D eigenvalue weighted by atomic mass is 9.95. The number of ether oxygens (including phenoxy) is 2. The first kappa shape index (κ1) is 32.1. The summed E-state index contributed by atoms with van der Waals surface area (Å²) in [5.74, 6) is -0.177. The zero-order chi connectivity index (χ0) is 32.6. The first-order valence-electron chi connectivity index (χ1n) is 13.5. The summed E-state index contributed by atoms with van der Waals surface area (Å²) in [6.07, 6.45) is 1.11. The molecule has 5 rings (SSSR count). The van der Waals surface area contributed by atoms with Crippen molar-refractivity contribution in [3.05, 3.63) is 115 Å². The largest absolute Gasteiger partial charge is 0.496 e. The summed E-state index contributed by atoms with van der Waals surface area (Å²) in [7, 11) is 1.50. The van der Waals surface area contributed by atoms with Crippen LogP contribution in [0.15, 0.2) is 82.8 Å². The summed E-state index contributed by atoms with van der Waals surface area (Å²) in [6.45, 7) is 6.82. The summed E-state index contributed by atoms with van der Waals surface area (Å²) < 4.78 is 13.5. The fourth-order valence-electron chi connectivity index (χ4n) is 4.77. The maximum Gasteiger partial charge on any atom is 0.338 e. The van der Waals surface area contributed by atoms with E-state index >= 15 is 0 Å². The van der Waals surface area contributed by atoms with Gasteiger partial charge in [0.2, 0.25) is 0 Å². The predicted octanol–water partition coefficient (Wildman–Crippen LogP) is 4.41. The maximum atomic E-state index is 14.2. The molecule has 0 spiro atoms. The number of fused-ring (bicyclic) bond motifs is 1. The number of carbonyl (C=O) groups excluding carboxylic acids is 1. The van der Waals surface area contributed by atoms with Crippen LogP contribution in [0.1, 0.15) is 43.6 Å². The number of carbonyl (C=O) groups is 1. The van der Waals surface area contributed by atoms with E-state index in [1.807, 2.05) is 0 Å². The van der Waals surface area contributed by atoms with E-state index in [4.69, 9.17) is 9.47 Å². The van der Waals surface area contributed by atoms with Gasteiger partial charge in [0.1, 0.15) is 11.8 Å². The molecule has 15 heteroatoms. The van der Waals surface area contributed by atoms with Crippen LogP contribution in [0.5, 0.6) is 5.75 Å². The molecule has 0 unspecified atom stereocenters. The summed E-state index contributed by atoms with van der Waals surface area (Å²) >= 11 is 5.66. The van der Waals surface area contributed by atoms with Crippen molar-refractivity contribution in [3.8, 4) is 5.75 Å². The van der Waals surface area contributed by atoms with E-state index in [0.29, 0.717) is 42.4 Å². The molecule has 0 bridgehead atoms. The molecule has 12 nitrogen and oxygen atoms in total. The van der Waals surface area contributed by atoms with Crippen molar-refractivity contribution in [2.24, 2.45) is 4.99 Å². The van der Waals surface area contributed by atoms with Crippen LogP contribution in [-0.4, -0.2) is 38.6 Å². The smallest absolute Gasteiger partial charge is 0.338 e. The highest BCUT2D eigenvalue weighted by atomic mass is 79.9. The van der Waals surface area contributed by atoms with Crippen LogP contribution in [-0.2, 0) is 9.53 Å². The van der Waals surface area contributed by atoms with E-state index in [1.54, 1.807) is 45.9 Å². The van der Waals surface area contributed by atoms with Gasteiger partial charge in [-0.15, -0.1) is 0 Å². The number of methoxy groups -OCH3 is 1. The Morgan fingerprint density at radius 2 is 1.96 bits per heavy atom. The molecule has 0 saturated carbocycles. The molecule has 1 aliphatic rings. The fraction of sp³-hybridized carbons (Fsp3) is 0.233. The van der Waals surface area contributed by atoms with Gasteiger partial charge >= 0.3 is 5.97 Å². The first-order valence-corrected chi connectivity index (χ1v) is 15.9. The van der Waals surface area contributed by atoms with Gasteiger partial charge in [-0.2, -0.15) is 0 Å². The molecular formula is C30H26BrN5O7S2. The number of benzene rings is 2. The number of allylic oxidation sites excluding steroid dienone is 1. The Morgan fingerprint density at radius 1 is 1.20 bits per heavy atom. The van der Waals surface area contributed by atoms with Crippen molar-refractivity contribution in [2.75, 3.05) is 7.11 Å². The minimum Gasteiger partial charge on any atom is -0.496 e. The van der Waals surface area contributed by atoms with Gasteiger partial charge in [0.15, 0.2) is 9.96 Å². The quantitative estimate of drug-likeness (QED) is 0.121. The van der Waals surface area contributed by atoms with E-state index in [0.717, 1.165) is 23.1 Å². The van der Waals surface area contributed by atoms with Gasteiger partial charge in [-0.1, -0.05) is 39.0 Å². The summed E-state index contributed by atoms with van der Waals surface area (Å²) in [5.41, 5.74) is 0.950. The third kappa shape index (κ3) is 6.70. The number of esters is 1. The summed E-state index contributed by atoms with van der Waals surface area (Å²) in [5, 5.41) is 12.0. The molecule has 4 aromatic rings. The number of hydrogen-bond donors (Lipinski definition) is 1. The standard InChI is InChI=1S/C30H26BrN5O7S2/c1-14(2)43-28(39)25-16(4)33-30-35(26(25)20-13-18(31)6-8-21(20)42-5)27(38)23(45-30)12-17-11-19(36(40)41)7-9-22(17)44-29-32-15(3)10-24(37)34-29/h6-14,26H,1-5H3,(H,32,34,37)/b23-12-/t26-/m0/s1. The molecule has 0 amide bonds. The molecule has 1 aliphatic heterocycles. The Labute approximate surface area is 272 Å². The van der Waals surface area contributed by atoms with Crippen LogP contribution in [0.2, 0.25) is 0 Å². The number of aromatic nitrogens is 3. The van der Waals surface area contributed by atoms with E-state index < -0.39 is 28.6 Å². The molecule has 232 valence electrons. The number of halogens is 1. The van der Waals surface area contributed by atoms with Gasteiger partial charge in [-0.25, -0.2) is 14.8 Å². The van der Waals surface area contributed by atoms with E-state index in [9.17, 15) is 24.5 Å². The van der Waals surface area contributed by atoms with Crippen molar-refractivity contribution in [1.29, 1.82) is 0 Å². The monoisotopic (exact) mass is 711 g/mol. The Hall–Kier alpha value is -4.34. The van der Waals surface area contributed by atoms with Crippen molar-refractivity contribution < 1.29 is 19.2 Å². The van der Waals surface area contributed by atoms with Crippen molar-refractivity contribution >= 4 is 56.8 Å². The number of nitro benzene ring substituents is 1. The zero-order valence-electron chi connectivity index (χ0n) is 24.6. The Balaban J connectivity index is 1.75. The number of thiazole rings is 1. The lowest BCUT2D eigenvalue weighted by molar-refractivity contribution is -0.384. The minimum absolute atomic E-state index is 0.181. The number of aromatic amines is 1. The van der Waals surface area contributed by atoms with Gasteiger partial charge in [0.05, 0.1) is 33.9 Å². The number of hydrogen-bond acceptors (Lipinski definition) is 11. The molecule has 0 fully saturated rings. The topological polar surface area (TPSA) is 159 Å². The minimum atomic E-state index is -0.942. The fourth-order valence-corrected chi connectivity index (χ4v) is 7.11. The Morgan fingerprint density at radius 3 is 2.62 bits per heavy atom. The summed E-state index contributed by atoms with van der Waals surface area (Å²) in [4.78, 5) is 63.3. The molecule has 0 saturated heterocycles. The molecule has 0 aliphatic carbocycles. The SMILES string of the molecule is COc1ccc(Br)cc1[C@H]1C(C(=O)OC(C)C)=C(C)N=c2s/c(=C\c3cc([N+](=O)[O-])ccc3Sc3nc(C)cc(=O)[nH]3)c(=O)n21. The molecular weight excluding hydrogens is 686 g/mol. The van der Waals surface area contributed by atoms with Crippen LogP contribution in [0.25, 0.3) is 6.08 Å². The lowest BCUT2D eigenvalue weighted by Crippen LogP contribution is -2.40. The van der Waals surface area contributed by atoms with Crippen molar-refractivity contribution in [2.45, 2.75) is 49.9 Å². The van der Waals surface area contributed by atoms with Gasteiger partial charge in [0.25, 0.3) is 16.8 Å². The second-order valence-electron chi connectivity index (χ2n) is 10.2. The van der Waals surface area contributed by atoms with E-state index in [-0.39, 0.29) is 26.5 Å². The van der Waals surface area contributed by atoms with Gasteiger partial charge in [0, 0.05) is 38.8 Å². The highest BCUT2D eigenvalue weighted by Gasteiger charge is 2.35. The predicted molar refractivity (Wildman–Crippen MR) is 173 cm³/mol. The molecule has 2 aromatic heterocycles. The van der Waals surface area contributed by atoms with E-state index in [1.165, 1.54) is 42.0 Å². The summed E-state index contributed by atoms with van der Waals surface area (Å²) in [6, 6.07) is 9.91. The number of nitrogens with one attached hydrogen (secondary N) is 1. The van der Waals surface area contributed by atoms with Gasteiger partial charge < -0.3 is 14.5 Å². The van der Waals surface area contributed by atoms with Gasteiger partial charge in [-0.05, 0) is 63.6 Å². The van der Waals surface area contributed by atoms with Crippen LogP contribution < -0.4 is 25.2 Å². The third-order valence-corrected chi connectivity index (χ3v) is 9.07. The van der Waals surface area contributed by atoms with Crippen molar-refractivity contribution in [1.82, 2.24) is 14.5 Å². The second kappa shape index (κ2) is 12.9. The van der Waals surface area contributed by atoms with Gasteiger partial charge in [-0.3, -0.25) is 24.3 Å². The number of nitro groups is 1. The van der Waals surface area contributed by atoms with E-state index in [2.05, 4.69) is 30.9 Å². The average molecular weight is 713 g/mol. The Kier molecular flexibility index (Phi) is 9.23. The van der Waals surface area contributed by atoms with Crippen LogP contribution >= 0.6 is 39.0 Å². The average Bonchev–Trinajstić information content (AvgIpc) is 3.26. The second-order valence-corrected chi connectivity index (χ2v) is 13.2. The molecule has 45 heavy (non-hydrogen) atoms. The first-order chi connectivity index (χ1) is 21.4. The van der Waals surface area contributed by atoms with Crippen molar-refractivity contribution in [3.63, 3.8) is 0 Å². The number of aryl methyl sites for hydroxylation is 1. The zero-order valence-corrected chi connectivity index (χ0v) is 27.8. The molecule has 1 N–H and O–H groups in total. The number of H-pyrrole nitrogens is 1. The highest BCUT2D eigenvalue weighted by molar-refractivity contribution is 9.10. The normalized spacial score (nSPS) is 14.7. The van der Waals surface area contributed by atoms with Crippen LogP contribution in [0.4, 0.5) is 5.69 Å². The maximum absolute atomic E-state index is 14.2. The Bertz CT molecular complexity index is 2140. The molecule has 3 heterocycles. The molecule has 1 atom stereocenters. The van der Waals surface area contributed by atoms with Crippen LogP contribution in [0.3, 0.4) is 0 Å². The lowest BCUT2D eigenvalue weighted by Gasteiger charge is -2.26. The number of non-ortho nitro benzene ring substituents is 1. The van der Waals surface area contributed by atoms with Crippen LogP contribution in [0, 0.1) is 17.0 Å². The number of rotatable bonds is 8.